The van der Waals surface area contributed by atoms with Crippen LogP contribution in [0.1, 0.15) is 49.3 Å². The van der Waals surface area contributed by atoms with E-state index in [1.54, 1.807) is 13.3 Å². The first-order valence-corrected chi connectivity index (χ1v) is 11.2. The Morgan fingerprint density at radius 3 is 2.74 bits per heavy atom. The standard InChI is InChI=1S/C24H29N5O2/c1-31-22-12-17(16-8-10-25-11-9-16)5-7-19(22)28-20-13-18(6-4-15-2-3-15)27-21-14-26-29-24(30)23(20)21/h5,7,12-16,25H,2-4,6,8-11H2,1H3,(H,27,28)(H,29,30). The van der Waals surface area contributed by atoms with Gasteiger partial charge >= 0.3 is 0 Å². The van der Waals surface area contributed by atoms with Gasteiger partial charge in [-0.25, -0.2) is 5.10 Å². The van der Waals surface area contributed by atoms with E-state index in [2.05, 4.69) is 39.0 Å². The van der Waals surface area contributed by atoms with Crippen molar-refractivity contribution in [3.63, 3.8) is 0 Å². The van der Waals surface area contributed by atoms with Gasteiger partial charge in [-0.15, -0.1) is 0 Å². The first kappa shape index (κ1) is 20.0. The van der Waals surface area contributed by atoms with Crippen molar-refractivity contribution in [2.24, 2.45) is 5.92 Å². The summed E-state index contributed by atoms with van der Waals surface area (Å²) in [6, 6.07) is 8.35. The number of piperidine rings is 1. The van der Waals surface area contributed by atoms with E-state index in [4.69, 9.17) is 9.72 Å². The zero-order valence-corrected chi connectivity index (χ0v) is 17.9. The number of rotatable bonds is 7. The number of aromatic nitrogens is 3. The van der Waals surface area contributed by atoms with E-state index in [1.807, 2.05) is 6.07 Å². The molecule has 2 aliphatic rings. The molecule has 5 rings (SSSR count). The Morgan fingerprint density at radius 1 is 1.13 bits per heavy atom. The van der Waals surface area contributed by atoms with Crippen molar-refractivity contribution in [1.29, 1.82) is 0 Å². The summed E-state index contributed by atoms with van der Waals surface area (Å²) in [6.07, 6.45) is 8.59. The Balaban J connectivity index is 1.49. The summed E-state index contributed by atoms with van der Waals surface area (Å²) >= 11 is 0. The van der Waals surface area contributed by atoms with Crippen LogP contribution in [0.2, 0.25) is 0 Å². The lowest BCUT2D eigenvalue weighted by Gasteiger charge is -2.24. The highest BCUT2D eigenvalue weighted by Gasteiger charge is 2.22. The van der Waals surface area contributed by atoms with E-state index in [-0.39, 0.29) is 5.56 Å². The number of pyridine rings is 1. The molecule has 3 heterocycles. The second-order valence-electron chi connectivity index (χ2n) is 8.71. The molecule has 3 N–H and O–H groups in total. The Hall–Kier alpha value is -2.93. The molecule has 162 valence electrons. The fourth-order valence-electron chi connectivity index (χ4n) is 4.51. The van der Waals surface area contributed by atoms with Gasteiger partial charge in [-0.3, -0.25) is 9.78 Å². The van der Waals surface area contributed by atoms with Crippen molar-refractivity contribution < 1.29 is 4.74 Å². The van der Waals surface area contributed by atoms with Gasteiger partial charge in [0.2, 0.25) is 0 Å². The normalized spacial score (nSPS) is 17.1. The van der Waals surface area contributed by atoms with Crippen LogP contribution in [-0.2, 0) is 6.42 Å². The molecule has 1 aromatic carbocycles. The zero-order chi connectivity index (χ0) is 21.2. The van der Waals surface area contributed by atoms with Crippen LogP contribution in [0, 0.1) is 5.92 Å². The average molecular weight is 420 g/mol. The first-order valence-electron chi connectivity index (χ1n) is 11.2. The third-order valence-electron chi connectivity index (χ3n) is 6.49. The van der Waals surface area contributed by atoms with E-state index in [0.717, 1.165) is 67.5 Å². The zero-order valence-electron chi connectivity index (χ0n) is 17.9. The predicted molar refractivity (Wildman–Crippen MR) is 122 cm³/mol. The molecule has 31 heavy (non-hydrogen) atoms. The molecule has 7 heteroatoms. The average Bonchev–Trinajstić information content (AvgIpc) is 3.63. The molecular weight excluding hydrogens is 390 g/mol. The minimum absolute atomic E-state index is 0.244. The molecule has 2 aromatic heterocycles. The van der Waals surface area contributed by atoms with Gasteiger partial charge in [0.25, 0.3) is 5.56 Å². The van der Waals surface area contributed by atoms with Gasteiger partial charge in [0.05, 0.1) is 35.6 Å². The molecule has 0 bridgehead atoms. The summed E-state index contributed by atoms with van der Waals surface area (Å²) in [5.41, 5.74) is 4.25. The molecule has 1 aliphatic heterocycles. The number of fused-ring (bicyclic) bond motifs is 1. The highest BCUT2D eigenvalue weighted by Crippen LogP contribution is 2.36. The maximum absolute atomic E-state index is 12.6. The predicted octanol–water partition coefficient (Wildman–Crippen LogP) is 3.88. The first-order chi connectivity index (χ1) is 15.2. The van der Waals surface area contributed by atoms with Crippen LogP contribution in [-0.4, -0.2) is 35.4 Å². The van der Waals surface area contributed by atoms with Crippen LogP contribution in [0.15, 0.2) is 35.3 Å². The van der Waals surface area contributed by atoms with E-state index >= 15 is 0 Å². The summed E-state index contributed by atoms with van der Waals surface area (Å²) in [5.74, 6) is 2.16. The number of nitrogens with one attached hydrogen (secondary N) is 3. The number of benzene rings is 1. The molecule has 0 atom stereocenters. The Labute approximate surface area is 181 Å². The molecule has 3 aromatic rings. The fourth-order valence-corrected chi connectivity index (χ4v) is 4.51. The fraction of sp³-hybridized carbons (Fsp3) is 0.458. The van der Waals surface area contributed by atoms with Crippen molar-refractivity contribution in [2.75, 3.05) is 25.5 Å². The van der Waals surface area contributed by atoms with E-state index in [9.17, 15) is 4.79 Å². The Kier molecular flexibility index (Phi) is 5.59. The number of hydrogen-bond acceptors (Lipinski definition) is 6. The number of anilines is 2. The maximum Gasteiger partial charge on any atom is 0.275 e. The molecule has 1 aliphatic carbocycles. The number of methoxy groups -OCH3 is 1. The summed E-state index contributed by atoms with van der Waals surface area (Å²) in [4.78, 5) is 17.3. The third kappa shape index (κ3) is 4.42. The Bertz CT molecular complexity index is 1130. The van der Waals surface area contributed by atoms with Crippen molar-refractivity contribution in [3.05, 3.63) is 52.1 Å². The second kappa shape index (κ2) is 8.67. The van der Waals surface area contributed by atoms with Crippen LogP contribution in [0.25, 0.3) is 10.9 Å². The highest BCUT2D eigenvalue weighted by molar-refractivity contribution is 5.92. The minimum atomic E-state index is -0.244. The lowest BCUT2D eigenvalue weighted by Crippen LogP contribution is -2.26. The monoisotopic (exact) mass is 419 g/mol. The second-order valence-corrected chi connectivity index (χ2v) is 8.71. The molecule has 0 amide bonds. The van der Waals surface area contributed by atoms with Gasteiger partial charge in [-0.05, 0) is 74.4 Å². The number of aryl methyl sites for hydroxylation is 1. The number of nitrogens with zero attached hydrogens (tertiary/aromatic N) is 2. The van der Waals surface area contributed by atoms with Crippen molar-refractivity contribution in [3.8, 4) is 5.75 Å². The van der Waals surface area contributed by atoms with Crippen molar-refractivity contribution in [1.82, 2.24) is 20.5 Å². The largest absolute Gasteiger partial charge is 0.495 e. The van der Waals surface area contributed by atoms with Crippen LogP contribution >= 0.6 is 0 Å². The molecule has 7 nitrogen and oxygen atoms in total. The SMILES string of the molecule is COc1cc(C2CCNCC2)ccc1Nc1cc(CCC2CC2)nc2cn[nH]c(=O)c12. The number of H-pyrrole nitrogens is 1. The minimum Gasteiger partial charge on any atom is -0.495 e. The Morgan fingerprint density at radius 2 is 1.97 bits per heavy atom. The van der Waals surface area contributed by atoms with E-state index in [1.165, 1.54) is 18.4 Å². The molecule has 0 radical (unpaired) electrons. The highest BCUT2D eigenvalue weighted by atomic mass is 16.5. The third-order valence-corrected chi connectivity index (χ3v) is 6.49. The van der Waals surface area contributed by atoms with E-state index in [0.29, 0.717) is 16.8 Å². The van der Waals surface area contributed by atoms with Crippen LogP contribution in [0.3, 0.4) is 0 Å². The number of aromatic amines is 1. The topological polar surface area (TPSA) is 91.9 Å². The molecule has 0 unspecified atom stereocenters. The van der Waals surface area contributed by atoms with Crippen molar-refractivity contribution in [2.45, 2.75) is 44.4 Å². The molecular formula is C24H29N5O2. The van der Waals surface area contributed by atoms with Crippen LogP contribution in [0.5, 0.6) is 5.75 Å². The maximum atomic E-state index is 12.6. The smallest absolute Gasteiger partial charge is 0.275 e. The molecule has 2 fully saturated rings. The van der Waals surface area contributed by atoms with Gasteiger partial charge in [0, 0.05) is 5.69 Å². The van der Waals surface area contributed by atoms with Gasteiger partial charge in [-0.2, -0.15) is 5.10 Å². The number of ether oxygens (including phenoxy) is 1. The molecule has 0 spiro atoms. The summed E-state index contributed by atoms with van der Waals surface area (Å²) in [6.45, 7) is 2.10. The summed E-state index contributed by atoms with van der Waals surface area (Å²) < 4.78 is 5.72. The summed E-state index contributed by atoms with van der Waals surface area (Å²) in [5, 5.41) is 13.9. The molecule has 1 saturated heterocycles. The van der Waals surface area contributed by atoms with Crippen molar-refractivity contribution >= 4 is 22.3 Å². The van der Waals surface area contributed by atoms with Crippen LogP contribution in [0.4, 0.5) is 11.4 Å². The molecule has 1 saturated carbocycles. The van der Waals surface area contributed by atoms with Gasteiger partial charge < -0.3 is 15.4 Å². The van der Waals surface area contributed by atoms with E-state index < -0.39 is 0 Å². The van der Waals surface area contributed by atoms with Gasteiger partial charge in [-0.1, -0.05) is 18.9 Å². The lowest BCUT2D eigenvalue weighted by atomic mass is 9.90. The summed E-state index contributed by atoms with van der Waals surface area (Å²) in [7, 11) is 1.69. The number of hydrogen-bond donors (Lipinski definition) is 3. The quantitative estimate of drug-likeness (QED) is 0.538. The van der Waals surface area contributed by atoms with Gasteiger partial charge in [0.1, 0.15) is 5.75 Å². The lowest BCUT2D eigenvalue weighted by molar-refractivity contribution is 0.413. The van der Waals surface area contributed by atoms with Gasteiger partial charge in [0.15, 0.2) is 0 Å². The van der Waals surface area contributed by atoms with Crippen LogP contribution < -0.4 is 20.9 Å².